The van der Waals surface area contributed by atoms with E-state index < -0.39 is 6.10 Å². The molecule has 1 N–H and O–H groups in total. The lowest BCUT2D eigenvalue weighted by Crippen LogP contribution is -2.37. The summed E-state index contributed by atoms with van der Waals surface area (Å²) in [4.78, 5) is 4.55. The van der Waals surface area contributed by atoms with Gasteiger partial charge in [0, 0.05) is 56.9 Å². The maximum Gasteiger partial charge on any atom is 0.232 e. The molecule has 0 radical (unpaired) electrons. The second-order valence-corrected chi connectivity index (χ2v) is 9.58. The zero-order valence-corrected chi connectivity index (χ0v) is 20.0. The molecule has 0 saturated carbocycles. The highest BCUT2D eigenvalue weighted by atomic mass is 32.2. The molecule has 176 valence electrons. The Morgan fingerprint density at radius 3 is 2.48 bits per heavy atom. The number of aliphatic hydroxyl groups is 1. The summed E-state index contributed by atoms with van der Waals surface area (Å²) in [6, 6.07) is 20.3. The molecular weight excluding hydrogens is 434 g/mol. The number of hydrogen-bond acceptors (Lipinski definition) is 7. The Morgan fingerprint density at radius 2 is 1.79 bits per heavy atom. The lowest BCUT2D eigenvalue weighted by Gasteiger charge is -2.29. The molecule has 33 heavy (non-hydrogen) atoms. The van der Waals surface area contributed by atoms with Crippen LogP contribution in [0.25, 0.3) is 11.3 Å². The molecule has 1 aliphatic heterocycles. The van der Waals surface area contributed by atoms with Gasteiger partial charge in [-0.3, -0.25) is 4.90 Å². The molecule has 3 aromatic rings. The molecule has 7 heteroatoms. The first-order valence-electron chi connectivity index (χ1n) is 11.5. The molecule has 1 unspecified atom stereocenters. The van der Waals surface area contributed by atoms with Crippen LogP contribution in [0.4, 0.5) is 5.88 Å². The molecule has 1 aliphatic rings. The average molecular weight is 468 g/mol. The van der Waals surface area contributed by atoms with E-state index in [-0.39, 0.29) is 0 Å². The van der Waals surface area contributed by atoms with Crippen LogP contribution in [-0.2, 0) is 17.7 Å². The summed E-state index contributed by atoms with van der Waals surface area (Å²) in [5, 5.41) is 15.4. The lowest BCUT2D eigenvalue weighted by molar-refractivity contribution is 0.0851. The second kappa shape index (κ2) is 12.2. The Balaban J connectivity index is 1.57. The number of methoxy groups -OCH3 is 1. The minimum atomic E-state index is -0.473. The molecule has 0 aliphatic carbocycles. The molecule has 6 nitrogen and oxygen atoms in total. The van der Waals surface area contributed by atoms with Gasteiger partial charge in [-0.05, 0) is 12.0 Å². The van der Waals surface area contributed by atoms with Crippen molar-refractivity contribution >= 4 is 17.6 Å². The van der Waals surface area contributed by atoms with Gasteiger partial charge in [-0.15, -0.1) is 0 Å². The van der Waals surface area contributed by atoms with Crippen molar-refractivity contribution < 1.29 is 14.4 Å². The van der Waals surface area contributed by atoms with Crippen LogP contribution in [0.3, 0.4) is 0 Å². The van der Waals surface area contributed by atoms with Gasteiger partial charge in [0.15, 0.2) is 0 Å². The third kappa shape index (κ3) is 6.60. The highest BCUT2D eigenvalue weighted by Crippen LogP contribution is 2.33. The Hall–Kier alpha value is -2.32. The van der Waals surface area contributed by atoms with Gasteiger partial charge in [0.2, 0.25) is 5.88 Å². The predicted octanol–water partition coefficient (Wildman–Crippen LogP) is 3.95. The first-order chi connectivity index (χ1) is 16.2. The SMILES string of the molecule is COCCN(Cc1c(-c2ccccc2)noc1N1CCSCC1)CC(O)Cc1ccccc1. The normalized spacial score (nSPS) is 15.2. The van der Waals surface area contributed by atoms with E-state index in [1.165, 1.54) is 0 Å². The summed E-state index contributed by atoms with van der Waals surface area (Å²) in [6.45, 7) is 4.41. The Labute approximate surface area is 200 Å². The van der Waals surface area contributed by atoms with Crippen molar-refractivity contribution in [3.05, 3.63) is 71.8 Å². The number of hydrogen-bond donors (Lipinski definition) is 1. The molecular formula is C26H33N3O3S. The zero-order valence-electron chi connectivity index (χ0n) is 19.2. The van der Waals surface area contributed by atoms with E-state index in [0.717, 1.165) is 59.4 Å². The summed E-state index contributed by atoms with van der Waals surface area (Å²) in [6.07, 6.45) is 0.148. The van der Waals surface area contributed by atoms with Crippen LogP contribution in [0.15, 0.2) is 65.2 Å². The summed E-state index contributed by atoms with van der Waals surface area (Å²) in [5.41, 5.74) is 4.14. The zero-order chi connectivity index (χ0) is 22.9. The number of nitrogens with zero attached hydrogens (tertiary/aromatic N) is 3. The third-order valence-electron chi connectivity index (χ3n) is 5.89. The number of thioether (sulfide) groups is 1. The highest BCUT2D eigenvalue weighted by Gasteiger charge is 2.26. The fourth-order valence-corrected chi connectivity index (χ4v) is 5.11. The number of benzene rings is 2. The van der Waals surface area contributed by atoms with Gasteiger partial charge in [-0.25, -0.2) is 0 Å². The van der Waals surface area contributed by atoms with Crippen LogP contribution in [0.5, 0.6) is 0 Å². The monoisotopic (exact) mass is 467 g/mol. The van der Waals surface area contributed by atoms with Gasteiger partial charge < -0.3 is 19.3 Å². The van der Waals surface area contributed by atoms with Crippen LogP contribution >= 0.6 is 11.8 Å². The van der Waals surface area contributed by atoms with Crippen LogP contribution in [0.2, 0.25) is 0 Å². The van der Waals surface area contributed by atoms with Crippen LogP contribution in [0.1, 0.15) is 11.1 Å². The van der Waals surface area contributed by atoms with E-state index in [1.54, 1.807) is 7.11 Å². The Morgan fingerprint density at radius 1 is 1.09 bits per heavy atom. The quantitative estimate of drug-likeness (QED) is 0.458. The number of aliphatic hydroxyl groups excluding tert-OH is 1. The first kappa shape index (κ1) is 23.8. The van der Waals surface area contributed by atoms with Crippen molar-refractivity contribution in [2.45, 2.75) is 19.1 Å². The molecule has 4 rings (SSSR count). The fourth-order valence-electron chi connectivity index (χ4n) is 4.21. The van der Waals surface area contributed by atoms with Crippen molar-refractivity contribution in [2.24, 2.45) is 0 Å². The molecule has 2 heterocycles. The maximum atomic E-state index is 10.9. The highest BCUT2D eigenvalue weighted by molar-refractivity contribution is 7.99. The molecule has 1 atom stereocenters. The van der Waals surface area contributed by atoms with E-state index in [4.69, 9.17) is 9.26 Å². The van der Waals surface area contributed by atoms with Gasteiger partial charge in [0.05, 0.1) is 18.3 Å². The topological polar surface area (TPSA) is 62.0 Å². The van der Waals surface area contributed by atoms with Crippen LogP contribution in [0, 0.1) is 0 Å². The molecule has 1 saturated heterocycles. The predicted molar refractivity (Wildman–Crippen MR) is 135 cm³/mol. The van der Waals surface area contributed by atoms with Crippen molar-refractivity contribution in [2.75, 3.05) is 56.3 Å². The standard InChI is InChI=1S/C26H33N3O3S/c1-31-15-12-28(19-23(30)18-21-8-4-2-5-9-21)20-24-25(22-10-6-3-7-11-22)27-32-26(24)29-13-16-33-17-14-29/h2-11,23,30H,12-20H2,1H3. The molecule has 0 bridgehead atoms. The van der Waals surface area contributed by atoms with Crippen molar-refractivity contribution in [3.8, 4) is 11.3 Å². The number of rotatable bonds is 11. The van der Waals surface area contributed by atoms with Crippen molar-refractivity contribution in [1.29, 1.82) is 0 Å². The molecule has 1 fully saturated rings. The number of anilines is 1. The molecule has 0 amide bonds. The van der Waals surface area contributed by atoms with Crippen LogP contribution < -0.4 is 4.90 Å². The third-order valence-corrected chi connectivity index (χ3v) is 6.83. The van der Waals surface area contributed by atoms with Gasteiger partial charge in [0.25, 0.3) is 0 Å². The second-order valence-electron chi connectivity index (χ2n) is 8.35. The van der Waals surface area contributed by atoms with Gasteiger partial charge in [-0.2, -0.15) is 11.8 Å². The summed E-state index contributed by atoms with van der Waals surface area (Å²) < 4.78 is 11.3. The summed E-state index contributed by atoms with van der Waals surface area (Å²) in [7, 11) is 1.71. The van der Waals surface area contributed by atoms with E-state index in [2.05, 4.69) is 39.2 Å². The first-order valence-corrected chi connectivity index (χ1v) is 12.7. The van der Waals surface area contributed by atoms with Crippen LogP contribution in [-0.4, -0.2) is 72.7 Å². The van der Waals surface area contributed by atoms with E-state index in [9.17, 15) is 5.11 Å². The van der Waals surface area contributed by atoms with E-state index in [0.29, 0.717) is 26.1 Å². The lowest BCUT2D eigenvalue weighted by atomic mass is 10.1. The Bertz CT molecular complexity index is 961. The molecule has 1 aromatic heterocycles. The van der Waals surface area contributed by atoms with Crippen molar-refractivity contribution in [1.82, 2.24) is 10.1 Å². The summed E-state index contributed by atoms with van der Waals surface area (Å²) >= 11 is 1.97. The van der Waals surface area contributed by atoms with E-state index >= 15 is 0 Å². The largest absolute Gasteiger partial charge is 0.391 e. The summed E-state index contributed by atoms with van der Waals surface area (Å²) in [5.74, 6) is 3.03. The van der Waals surface area contributed by atoms with Gasteiger partial charge in [0.1, 0.15) is 5.69 Å². The number of aromatic nitrogens is 1. The molecule has 0 spiro atoms. The van der Waals surface area contributed by atoms with E-state index in [1.807, 2.05) is 48.2 Å². The average Bonchev–Trinajstić information content (AvgIpc) is 3.27. The maximum absolute atomic E-state index is 10.9. The minimum absolute atomic E-state index is 0.473. The molecule has 2 aromatic carbocycles. The van der Waals surface area contributed by atoms with Gasteiger partial charge >= 0.3 is 0 Å². The minimum Gasteiger partial charge on any atom is -0.391 e. The number of ether oxygens (including phenoxy) is 1. The van der Waals surface area contributed by atoms with Gasteiger partial charge in [-0.1, -0.05) is 65.8 Å². The van der Waals surface area contributed by atoms with Crippen molar-refractivity contribution in [3.63, 3.8) is 0 Å². The smallest absolute Gasteiger partial charge is 0.232 e. The Kier molecular flexibility index (Phi) is 8.83. The fraction of sp³-hybridized carbons (Fsp3) is 0.423.